The van der Waals surface area contributed by atoms with Crippen molar-refractivity contribution < 1.29 is 0 Å². The second kappa shape index (κ2) is 6.14. The van der Waals surface area contributed by atoms with E-state index >= 15 is 0 Å². The van der Waals surface area contributed by atoms with Crippen molar-refractivity contribution in [3.63, 3.8) is 0 Å². The lowest BCUT2D eigenvalue weighted by Crippen LogP contribution is -2.46. The van der Waals surface area contributed by atoms with Crippen molar-refractivity contribution in [2.75, 3.05) is 20.1 Å². The Hall–Kier alpha value is -1.15. The van der Waals surface area contributed by atoms with Crippen LogP contribution in [0.25, 0.3) is 0 Å². The highest BCUT2D eigenvalue weighted by Gasteiger charge is 2.26. The molecule has 1 aromatic rings. The summed E-state index contributed by atoms with van der Waals surface area (Å²) in [6, 6.07) is 11.4. The fourth-order valence-corrected chi connectivity index (χ4v) is 2.81. The Kier molecular flexibility index (Phi) is 4.54. The molecule has 0 spiro atoms. The molecule has 2 nitrogen and oxygen atoms in total. The standard InChI is InChI=1S/C16H24N2/c1-13-12-18(14(2)11-16(13)17-3)10-9-15-7-5-4-6-8-15/h4-8,13-14H,9-12H2,1-3H3. The van der Waals surface area contributed by atoms with E-state index in [1.807, 2.05) is 7.05 Å². The summed E-state index contributed by atoms with van der Waals surface area (Å²) in [6.45, 7) is 6.93. The second-order valence-electron chi connectivity index (χ2n) is 5.40. The lowest BCUT2D eigenvalue weighted by atomic mass is 9.92. The van der Waals surface area contributed by atoms with Gasteiger partial charge in [-0.15, -0.1) is 0 Å². The minimum atomic E-state index is 0.613. The third-order valence-electron chi connectivity index (χ3n) is 4.02. The summed E-state index contributed by atoms with van der Waals surface area (Å²) in [5, 5.41) is 0. The summed E-state index contributed by atoms with van der Waals surface area (Å²) in [4.78, 5) is 7.03. The summed E-state index contributed by atoms with van der Waals surface area (Å²) in [6.07, 6.45) is 2.28. The van der Waals surface area contributed by atoms with E-state index in [1.54, 1.807) is 0 Å². The topological polar surface area (TPSA) is 15.6 Å². The van der Waals surface area contributed by atoms with Gasteiger partial charge in [-0.2, -0.15) is 0 Å². The summed E-state index contributed by atoms with van der Waals surface area (Å²) >= 11 is 0. The Balaban J connectivity index is 1.90. The number of aliphatic imine (C=N–C) groups is 1. The van der Waals surface area contributed by atoms with Gasteiger partial charge in [0.1, 0.15) is 0 Å². The fourth-order valence-electron chi connectivity index (χ4n) is 2.81. The van der Waals surface area contributed by atoms with Crippen molar-refractivity contribution in [1.82, 2.24) is 4.90 Å². The fraction of sp³-hybridized carbons (Fsp3) is 0.562. The minimum absolute atomic E-state index is 0.613. The number of hydrogen-bond donors (Lipinski definition) is 0. The summed E-state index contributed by atoms with van der Waals surface area (Å²) in [7, 11) is 1.93. The molecule has 1 aliphatic heterocycles. The molecule has 98 valence electrons. The quantitative estimate of drug-likeness (QED) is 0.798. The van der Waals surface area contributed by atoms with Gasteiger partial charge in [0.25, 0.3) is 0 Å². The number of hydrogen-bond acceptors (Lipinski definition) is 2. The third kappa shape index (κ3) is 3.20. The summed E-state index contributed by atoms with van der Waals surface area (Å²) < 4.78 is 0. The maximum atomic E-state index is 4.42. The number of piperidine rings is 1. The average Bonchev–Trinajstić information content (AvgIpc) is 2.40. The van der Waals surface area contributed by atoms with Crippen LogP contribution >= 0.6 is 0 Å². The molecule has 2 heteroatoms. The molecule has 0 N–H and O–H groups in total. The predicted octanol–water partition coefficient (Wildman–Crippen LogP) is 3.03. The van der Waals surface area contributed by atoms with Crippen LogP contribution in [0.1, 0.15) is 25.8 Å². The van der Waals surface area contributed by atoms with Gasteiger partial charge in [-0.3, -0.25) is 9.89 Å². The molecule has 2 atom stereocenters. The van der Waals surface area contributed by atoms with Gasteiger partial charge >= 0.3 is 0 Å². The maximum Gasteiger partial charge on any atom is 0.0276 e. The first-order valence-corrected chi connectivity index (χ1v) is 6.94. The van der Waals surface area contributed by atoms with Crippen LogP contribution in [0.2, 0.25) is 0 Å². The Morgan fingerprint density at radius 3 is 2.61 bits per heavy atom. The summed E-state index contributed by atoms with van der Waals surface area (Å²) in [5.41, 5.74) is 2.82. The maximum absolute atomic E-state index is 4.42. The van der Waals surface area contributed by atoms with E-state index in [9.17, 15) is 0 Å². The van der Waals surface area contributed by atoms with E-state index in [4.69, 9.17) is 0 Å². The molecule has 0 aromatic heterocycles. The number of likely N-dealkylation sites (tertiary alicyclic amines) is 1. The molecule has 1 aromatic carbocycles. The van der Waals surface area contributed by atoms with Crippen molar-refractivity contribution in [2.45, 2.75) is 32.7 Å². The molecular formula is C16H24N2. The molecule has 1 aliphatic rings. The Morgan fingerprint density at radius 1 is 1.22 bits per heavy atom. The molecule has 0 bridgehead atoms. The van der Waals surface area contributed by atoms with Crippen LogP contribution in [-0.4, -0.2) is 36.8 Å². The third-order valence-corrected chi connectivity index (χ3v) is 4.02. The van der Waals surface area contributed by atoms with Gasteiger partial charge in [-0.1, -0.05) is 37.3 Å². The van der Waals surface area contributed by atoms with E-state index in [0.29, 0.717) is 12.0 Å². The van der Waals surface area contributed by atoms with Crippen LogP contribution < -0.4 is 0 Å². The van der Waals surface area contributed by atoms with Crippen molar-refractivity contribution in [1.29, 1.82) is 0 Å². The van der Waals surface area contributed by atoms with Gasteiger partial charge in [0.15, 0.2) is 0 Å². The van der Waals surface area contributed by atoms with E-state index in [0.717, 1.165) is 25.9 Å². The molecule has 18 heavy (non-hydrogen) atoms. The molecule has 0 saturated carbocycles. The van der Waals surface area contributed by atoms with Crippen molar-refractivity contribution in [3.8, 4) is 0 Å². The predicted molar refractivity (Wildman–Crippen MR) is 78.3 cm³/mol. The van der Waals surface area contributed by atoms with Crippen LogP contribution in [0.4, 0.5) is 0 Å². The highest BCUT2D eigenvalue weighted by molar-refractivity contribution is 5.87. The molecule has 1 heterocycles. The molecule has 0 aliphatic carbocycles. The number of benzene rings is 1. The van der Waals surface area contributed by atoms with Gasteiger partial charge in [0.05, 0.1) is 0 Å². The van der Waals surface area contributed by atoms with Gasteiger partial charge in [0, 0.05) is 44.2 Å². The van der Waals surface area contributed by atoms with E-state index < -0.39 is 0 Å². The number of nitrogens with zero attached hydrogens (tertiary/aromatic N) is 2. The van der Waals surface area contributed by atoms with Gasteiger partial charge < -0.3 is 0 Å². The van der Waals surface area contributed by atoms with Crippen LogP contribution in [0, 0.1) is 5.92 Å². The van der Waals surface area contributed by atoms with Crippen LogP contribution in [0.3, 0.4) is 0 Å². The molecule has 0 radical (unpaired) electrons. The SMILES string of the molecule is CN=C1CC(C)N(CCc2ccccc2)CC1C. The summed E-state index contributed by atoms with van der Waals surface area (Å²) in [5.74, 6) is 0.613. The molecule has 2 rings (SSSR count). The van der Waals surface area contributed by atoms with Gasteiger partial charge in [0.2, 0.25) is 0 Å². The molecule has 0 amide bonds. The van der Waals surface area contributed by atoms with Gasteiger partial charge in [-0.25, -0.2) is 0 Å². The zero-order valence-corrected chi connectivity index (χ0v) is 11.8. The lowest BCUT2D eigenvalue weighted by molar-refractivity contribution is 0.183. The molecule has 1 fully saturated rings. The second-order valence-corrected chi connectivity index (χ2v) is 5.40. The van der Waals surface area contributed by atoms with Crippen molar-refractivity contribution in [2.24, 2.45) is 10.9 Å². The normalized spacial score (nSPS) is 27.6. The van der Waals surface area contributed by atoms with Gasteiger partial charge in [-0.05, 0) is 18.9 Å². The molecule has 2 unspecified atom stereocenters. The smallest absolute Gasteiger partial charge is 0.0276 e. The van der Waals surface area contributed by atoms with Crippen molar-refractivity contribution in [3.05, 3.63) is 35.9 Å². The highest BCUT2D eigenvalue weighted by Crippen LogP contribution is 2.20. The van der Waals surface area contributed by atoms with E-state index in [-0.39, 0.29) is 0 Å². The highest BCUT2D eigenvalue weighted by atomic mass is 15.2. The number of rotatable bonds is 3. The Morgan fingerprint density at radius 2 is 1.94 bits per heavy atom. The van der Waals surface area contributed by atoms with Crippen LogP contribution in [-0.2, 0) is 6.42 Å². The first-order chi connectivity index (χ1) is 8.70. The minimum Gasteiger partial charge on any atom is -0.299 e. The Labute approximate surface area is 111 Å². The zero-order chi connectivity index (χ0) is 13.0. The van der Waals surface area contributed by atoms with Crippen molar-refractivity contribution >= 4 is 5.71 Å². The lowest BCUT2D eigenvalue weighted by Gasteiger charge is -2.37. The van der Waals surface area contributed by atoms with Crippen LogP contribution in [0.5, 0.6) is 0 Å². The first kappa shape index (κ1) is 13.3. The molecule has 1 saturated heterocycles. The Bertz CT molecular complexity index is 397. The largest absolute Gasteiger partial charge is 0.299 e. The van der Waals surface area contributed by atoms with E-state index in [2.05, 4.69) is 54.1 Å². The average molecular weight is 244 g/mol. The molecular weight excluding hydrogens is 220 g/mol. The monoisotopic (exact) mass is 244 g/mol. The van der Waals surface area contributed by atoms with E-state index in [1.165, 1.54) is 11.3 Å². The zero-order valence-electron chi connectivity index (χ0n) is 11.8. The van der Waals surface area contributed by atoms with Crippen LogP contribution in [0.15, 0.2) is 35.3 Å². The first-order valence-electron chi connectivity index (χ1n) is 6.94.